The van der Waals surface area contributed by atoms with Crippen LogP contribution in [-0.4, -0.2) is 57.5 Å². The summed E-state index contributed by atoms with van der Waals surface area (Å²) in [6.45, 7) is 1.74. The largest absolute Gasteiger partial charge is 0.477 e. The first-order valence-corrected chi connectivity index (χ1v) is 11.4. The second-order valence-electron chi connectivity index (χ2n) is 6.03. The minimum atomic E-state index is -1.22. The van der Waals surface area contributed by atoms with E-state index < -0.39 is 17.9 Å². The van der Waals surface area contributed by atoms with Gasteiger partial charge < -0.3 is 9.84 Å². The smallest absolute Gasteiger partial charge is 0.352 e. The second kappa shape index (κ2) is 9.58. The number of carboxylic acids is 1. The Labute approximate surface area is 162 Å². The van der Waals surface area contributed by atoms with Crippen molar-refractivity contribution in [2.45, 2.75) is 38.0 Å². The zero-order valence-corrected chi connectivity index (χ0v) is 16.8. The van der Waals surface area contributed by atoms with E-state index in [1.54, 1.807) is 0 Å². The number of amides is 1. The number of carbonyl (C=O) groups excluding carboxylic acids is 3. The first-order chi connectivity index (χ1) is 12.4. The van der Waals surface area contributed by atoms with Crippen molar-refractivity contribution in [1.29, 1.82) is 0 Å². The molecule has 2 rings (SSSR count). The number of nitrogens with zero attached hydrogens (tertiary/aromatic N) is 1. The zero-order valence-electron chi connectivity index (χ0n) is 14.3. The van der Waals surface area contributed by atoms with E-state index in [1.165, 1.54) is 16.7 Å². The molecule has 2 aliphatic rings. The quantitative estimate of drug-likeness (QED) is 0.327. The molecule has 7 nitrogen and oxygen atoms in total. The zero-order chi connectivity index (χ0) is 19.3. The van der Waals surface area contributed by atoms with E-state index >= 15 is 0 Å². The van der Waals surface area contributed by atoms with Gasteiger partial charge in [-0.05, 0) is 13.8 Å². The van der Waals surface area contributed by atoms with E-state index in [2.05, 4.69) is 0 Å². The Bertz CT molecular complexity index is 665. The van der Waals surface area contributed by atoms with E-state index in [0.717, 1.165) is 6.42 Å². The number of fused-ring (bicyclic) bond motifs is 1. The van der Waals surface area contributed by atoms with Gasteiger partial charge in [0.2, 0.25) is 5.91 Å². The molecule has 0 aromatic rings. The topological polar surface area (TPSA) is 101 Å². The van der Waals surface area contributed by atoms with Crippen molar-refractivity contribution in [3.63, 3.8) is 0 Å². The van der Waals surface area contributed by atoms with Gasteiger partial charge in [0.25, 0.3) is 0 Å². The molecule has 1 amide bonds. The van der Waals surface area contributed by atoms with Crippen LogP contribution in [0.15, 0.2) is 11.3 Å². The fraction of sp³-hybridized carbons (Fsp3) is 0.625. The van der Waals surface area contributed by atoms with Crippen molar-refractivity contribution in [2.24, 2.45) is 5.92 Å². The number of ether oxygens (including phenoxy) is 1. The summed E-state index contributed by atoms with van der Waals surface area (Å²) in [6.07, 6.45) is 1.99. The lowest BCUT2D eigenvalue weighted by Crippen LogP contribution is -2.62. The molecule has 1 saturated heterocycles. The SMILES string of the molecule is CCCC(=O)CC1C(=O)N2C(C(=O)O)=C(COC(=O)CCP=S)CSC12. The molecule has 10 heteroatoms. The molecule has 2 atom stereocenters. The van der Waals surface area contributed by atoms with Gasteiger partial charge in [0.05, 0.1) is 17.7 Å². The third kappa shape index (κ3) is 4.69. The number of hydrogen-bond donors (Lipinski definition) is 1. The Morgan fingerprint density at radius 3 is 2.73 bits per heavy atom. The van der Waals surface area contributed by atoms with Gasteiger partial charge in [-0.15, -0.1) is 11.8 Å². The fourth-order valence-corrected chi connectivity index (χ4v) is 4.87. The van der Waals surface area contributed by atoms with Crippen molar-refractivity contribution >= 4 is 54.6 Å². The number of carbonyl (C=O) groups is 4. The summed E-state index contributed by atoms with van der Waals surface area (Å²) in [5.74, 6) is -2.11. The summed E-state index contributed by atoms with van der Waals surface area (Å²) in [7, 11) is 0.672. The average Bonchev–Trinajstić information content (AvgIpc) is 2.61. The molecule has 0 aromatic heterocycles. The number of hydrogen-bond acceptors (Lipinski definition) is 7. The summed E-state index contributed by atoms with van der Waals surface area (Å²) in [4.78, 5) is 48.8. The highest BCUT2D eigenvalue weighted by Crippen LogP contribution is 2.45. The normalized spacial score (nSPS) is 22.0. The number of rotatable bonds is 10. The molecule has 1 fully saturated rings. The Morgan fingerprint density at radius 1 is 1.38 bits per heavy atom. The summed E-state index contributed by atoms with van der Waals surface area (Å²) >= 11 is 6.15. The average molecular weight is 417 g/mol. The number of thioether (sulfide) groups is 1. The molecule has 0 aliphatic carbocycles. The molecule has 142 valence electrons. The van der Waals surface area contributed by atoms with Gasteiger partial charge >= 0.3 is 11.9 Å². The van der Waals surface area contributed by atoms with Crippen LogP contribution in [0.1, 0.15) is 32.6 Å². The van der Waals surface area contributed by atoms with Crippen LogP contribution < -0.4 is 0 Å². The molecule has 2 heterocycles. The molecule has 0 bridgehead atoms. The molecular formula is C16H20NO6PS2. The third-order valence-corrected chi connectivity index (χ3v) is 6.50. The number of aliphatic carboxylic acids is 1. The van der Waals surface area contributed by atoms with Crippen LogP contribution in [0.2, 0.25) is 0 Å². The lowest BCUT2D eigenvalue weighted by atomic mass is 9.89. The Balaban J connectivity index is 2.07. The lowest BCUT2D eigenvalue weighted by molar-refractivity contribution is -0.154. The van der Waals surface area contributed by atoms with Gasteiger partial charge in [-0.3, -0.25) is 19.3 Å². The molecular weight excluding hydrogens is 397 g/mol. The second-order valence-corrected chi connectivity index (χ2v) is 8.61. The van der Waals surface area contributed by atoms with Gasteiger partial charge in [0.15, 0.2) is 0 Å². The number of esters is 1. The highest BCUT2D eigenvalue weighted by Gasteiger charge is 2.53. The monoisotopic (exact) mass is 417 g/mol. The predicted molar refractivity (Wildman–Crippen MR) is 101 cm³/mol. The van der Waals surface area contributed by atoms with Crippen LogP contribution in [-0.2, 0) is 35.7 Å². The van der Waals surface area contributed by atoms with Gasteiger partial charge in [0.1, 0.15) is 18.1 Å². The molecule has 1 N–H and O–H groups in total. The van der Waals surface area contributed by atoms with Crippen LogP contribution in [0.3, 0.4) is 0 Å². The molecule has 0 spiro atoms. The first kappa shape index (κ1) is 21.0. The van der Waals surface area contributed by atoms with Crippen molar-refractivity contribution < 1.29 is 29.0 Å². The summed E-state index contributed by atoms with van der Waals surface area (Å²) in [5.41, 5.74) is 0.279. The molecule has 0 radical (unpaired) electrons. The van der Waals surface area contributed by atoms with Gasteiger partial charge in [0, 0.05) is 30.3 Å². The van der Waals surface area contributed by atoms with Crippen LogP contribution in [0.4, 0.5) is 0 Å². The Hall–Kier alpha value is -1.31. The predicted octanol–water partition coefficient (Wildman–Crippen LogP) is 1.96. The maximum Gasteiger partial charge on any atom is 0.352 e. The van der Waals surface area contributed by atoms with Crippen LogP contribution in [0, 0.1) is 5.92 Å². The van der Waals surface area contributed by atoms with Crippen molar-refractivity contribution in [3.05, 3.63) is 11.3 Å². The summed E-state index contributed by atoms with van der Waals surface area (Å²) in [6, 6.07) is 0. The Morgan fingerprint density at radius 2 is 2.12 bits per heavy atom. The molecule has 26 heavy (non-hydrogen) atoms. The number of β-lactam (4-membered cyclic amide) rings is 1. The van der Waals surface area contributed by atoms with Crippen LogP contribution in [0.5, 0.6) is 0 Å². The maximum atomic E-state index is 12.4. The standard InChI is InChI=1S/C16H20NO6PS2/c1-2-3-10(18)6-11-14(20)17-13(16(21)22)9(8-26-15(11)17)7-23-12(19)4-5-24-25/h11,15H,2-8H2,1H3,(H,21,22). The van der Waals surface area contributed by atoms with Crippen LogP contribution in [0.25, 0.3) is 0 Å². The van der Waals surface area contributed by atoms with Crippen molar-refractivity contribution in [3.8, 4) is 0 Å². The van der Waals surface area contributed by atoms with Gasteiger partial charge in [-0.25, -0.2) is 4.79 Å². The van der Waals surface area contributed by atoms with Gasteiger partial charge in [-0.2, -0.15) is 0 Å². The first-order valence-electron chi connectivity index (χ1n) is 8.27. The third-order valence-electron chi connectivity index (χ3n) is 4.15. The molecule has 2 unspecified atom stereocenters. The number of carboxylic acid groups (broad SMARTS) is 1. The number of ketones is 1. The Kier molecular flexibility index (Phi) is 7.73. The minimum Gasteiger partial charge on any atom is -0.477 e. The maximum absolute atomic E-state index is 12.4. The fourth-order valence-electron chi connectivity index (χ4n) is 2.93. The van der Waals surface area contributed by atoms with E-state index in [0.29, 0.717) is 31.3 Å². The van der Waals surface area contributed by atoms with Crippen molar-refractivity contribution in [1.82, 2.24) is 4.90 Å². The molecule has 2 aliphatic heterocycles. The van der Waals surface area contributed by atoms with E-state index in [4.69, 9.17) is 16.5 Å². The number of Topliss-reactive ketones (excluding diaryl/α,β-unsaturated/α-hetero) is 1. The van der Waals surface area contributed by atoms with E-state index in [-0.39, 0.29) is 42.2 Å². The van der Waals surface area contributed by atoms with Crippen LogP contribution >= 0.6 is 19.1 Å². The molecule has 0 saturated carbocycles. The minimum absolute atomic E-state index is 0.0210. The highest BCUT2D eigenvalue weighted by molar-refractivity contribution is 8.00. The van der Waals surface area contributed by atoms with E-state index in [9.17, 15) is 24.3 Å². The summed E-state index contributed by atoms with van der Waals surface area (Å²) in [5, 5.41) is 9.18. The highest BCUT2D eigenvalue weighted by atomic mass is 32.4. The summed E-state index contributed by atoms with van der Waals surface area (Å²) < 4.78 is 5.11. The molecule has 0 aromatic carbocycles. The van der Waals surface area contributed by atoms with Crippen molar-refractivity contribution in [2.75, 3.05) is 18.5 Å². The van der Waals surface area contributed by atoms with E-state index in [1.807, 2.05) is 6.92 Å². The van der Waals surface area contributed by atoms with Gasteiger partial charge in [-0.1, -0.05) is 18.7 Å². The lowest BCUT2D eigenvalue weighted by Gasteiger charge is -2.49.